The third-order valence-electron chi connectivity index (χ3n) is 2.00. The molecule has 0 aliphatic heterocycles. The fraction of sp³-hybridized carbons (Fsp3) is 0. The van der Waals surface area contributed by atoms with E-state index in [1.807, 2.05) is 0 Å². The molecule has 0 saturated carbocycles. The summed E-state index contributed by atoms with van der Waals surface area (Å²) >= 11 is 9.23. The van der Waals surface area contributed by atoms with Gasteiger partial charge in [0.15, 0.2) is 0 Å². The number of benzene rings is 1. The lowest BCUT2D eigenvalue weighted by molar-refractivity contribution is 0.259. The Balaban J connectivity index is 2.17. The molecule has 0 saturated heterocycles. The van der Waals surface area contributed by atoms with Gasteiger partial charge >= 0.3 is 12.0 Å². The highest BCUT2D eigenvalue weighted by molar-refractivity contribution is 9.10. The summed E-state index contributed by atoms with van der Waals surface area (Å²) in [7, 11) is 0. The molecule has 3 N–H and O–H groups in total. The molecule has 2 aromatic rings. The second-order valence-electron chi connectivity index (χ2n) is 3.42. The Morgan fingerprint density at radius 1 is 1.37 bits per heavy atom. The first kappa shape index (κ1) is 13.6. The number of halogens is 2. The Morgan fingerprint density at radius 2 is 2.05 bits per heavy atom. The number of hydrogen-bond acceptors (Lipinski definition) is 4. The number of carbonyl (C=O) groups is 1. The maximum Gasteiger partial charge on any atom is 0.321 e. The molecule has 6 nitrogen and oxygen atoms in total. The molecule has 0 fully saturated rings. The Morgan fingerprint density at radius 3 is 2.63 bits per heavy atom. The van der Waals surface area contributed by atoms with Crippen molar-refractivity contribution in [3.63, 3.8) is 0 Å². The summed E-state index contributed by atoms with van der Waals surface area (Å²) in [6, 6.07) is 4.20. The topological polar surface area (TPSA) is 90.1 Å². The maximum absolute atomic E-state index is 10.7. The summed E-state index contributed by atoms with van der Waals surface area (Å²) in [6.07, 6.45) is 3.11. The van der Waals surface area contributed by atoms with Crippen LogP contribution in [0.3, 0.4) is 0 Å². The molecule has 98 valence electrons. The second-order valence-corrected chi connectivity index (χ2v) is 4.74. The Labute approximate surface area is 122 Å². The van der Waals surface area contributed by atoms with Gasteiger partial charge in [-0.3, -0.25) is 0 Å². The molecule has 1 aromatic carbocycles. The van der Waals surface area contributed by atoms with E-state index in [9.17, 15) is 4.79 Å². The van der Waals surface area contributed by atoms with E-state index in [0.717, 1.165) is 4.47 Å². The van der Waals surface area contributed by atoms with E-state index in [1.165, 1.54) is 6.07 Å². The molecule has 1 heterocycles. The minimum atomic E-state index is -0.666. The van der Waals surface area contributed by atoms with Crippen molar-refractivity contribution < 1.29 is 9.53 Å². The molecular weight excluding hydrogens is 336 g/mol. The van der Waals surface area contributed by atoms with Crippen LogP contribution in [0, 0.1) is 0 Å². The molecule has 1 aromatic heterocycles. The largest absolute Gasteiger partial charge is 0.423 e. The van der Waals surface area contributed by atoms with Gasteiger partial charge in [0.05, 0.1) is 9.50 Å². The number of rotatable bonds is 3. The Kier molecular flexibility index (Phi) is 4.18. The van der Waals surface area contributed by atoms with Crippen LogP contribution in [0.5, 0.6) is 11.8 Å². The molecule has 0 aliphatic carbocycles. The molecule has 0 unspecified atom stereocenters. The Hall–Kier alpha value is -1.86. The number of primary amides is 1. The molecule has 2 rings (SSSR count). The summed E-state index contributed by atoms with van der Waals surface area (Å²) in [4.78, 5) is 18.6. The number of carbonyl (C=O) groups excluding carboxylic acids is 1. The van der Waals surface area contributed by atoms with Gasteiger partial charge in [0.1, 0.15) is 5.75 Å². The van der Waals surface area contributed by atoms with Gasteiger partial charge in [-0.25, -0.2) is 14.8 Å². The van der Waals surface area contributed by atoms with Gasteiger partial charge in [0.25, 0.3) is 0 Å². The van der Waals surface area contributed by atoms with Crippen LogP contribution in [0.15, 0.2) is 35.1 Å². The predicted octanol–water partition coefficient (Wildman–Crippen LogP) is 3.18. The van der Waals surface area contributed by atoms with Crippen molar-refractivity contribution >= 4 is 39.2 Å². The number of ether oxygens (including phenoxy) is 1. The molecule has 19 heavy (non-hydrogen) atoms. The van der Waals surface area contributed by atoms with Gasteiger partial charge in [-0.2, -0.15) is 0 Å². The Bertz CT molecular complexity index is 606. The normalized spacial score (nSPS) is 10.0. The van der Waals surface area contributed by atoms with Crippen LogP contribution in [-0.4, -0.2) is 16.0 Å². The first-order chi connectivity index (χ1) is 9.04. The van der Waals surface area contributed by atoms with Crippen molar-refractivity contribution in [3.05, 3.63) is 40.1 Å². The van der Waals surface area contributed by atoms with Crippen molar-refractivity contribution in [2.24, 2.45) is 5.73 Å². The molecule has 0 radical (unpaired) electrons. The van der Waals surface area contributed by atoms with Crippen molar-refractivity contribution in [3.8, 4) is 11.8 Å². The van der Waals surface area contributed by atoms with Gasteiger partial charge in [-0.15, -0.1) is 0 Å². The quantitative estimate of drug-likeness (QED) is 0.895. The van der Waals surface area contributed by atoms with Crippen LogP contribution in [-0.2, 0) is 0 Å². The van der Waals surface area contributed by atoms with Crippen LogP contribution in [0.1, 0.15) is 0 Å². The molecule has 0 aliphatic rings. The number of aromatic nitrogens is 2. The second kappa shape index (κ2) is 5.85. The highest BCUT2D eigenvalue weighted by atomic mass is 79.9. The number of amides is 2. The molecule has 0 spiro atoms. The van der Waals surface area contributed by atoms with Crippen LogP contribution in [0.4, 0.5) is 10.5 Å². The van der Waals surface area contributed by atoms with Crippen LogP contribution >= 0.6 is 27.5 Å². The summed E-state index contributed by atoms with van der Waals surface area (Å²) in [5, 5.41) is 2.71. The molecular formula is C11H8BrClN4O2. The average Bonchev–Trinajstić information content (AvgIpc) is 2.34. The lowest BCUT2D eigenvalue weighted by Crippen LogP contribution is -2.19. The van der Waals surface area contributed by atoms with Gasteiger partial charge in [-0.05, 0) is 34.1 Å². The third-order valence-corrected chi connectivity index (χ3v) is 2.70. The molecule has 0 atom stereocenters. The zero-order chi connectivity index (χ0) is 13.8. The van der Waals surface area contributed by atoms with Crippen LogP contribution in [0.2, 0.25) is 5.02 Å². The van der Waals surface area contributed by atoms with E-state index in [1.54, 1.807) is 24.5 Å². The number of anilines is 1. The fourth-order valence-electron chi connectivity index (χ4n) is 1.26. The standard InChI is InChI=1S/C11H8BrClN4O2/c12-6-4-15-11(16-5-6)19-9-2-1-7(3-8(9)13)17-10(14)18/h1-5H,(H3,14,17,18). The van der Waals surface area contributed by atoms with Gasteiger partial charge in [-0.1, -0.05) is 11.6 Å². The highest BCUT2D eigenvalue weighted by Gasteiger charge is 2.07. The lowest BCUT2D eigenvalue weighted by Gasteiger charge is -2.07. The first-order valence-electron chi connectivity index (χ1n) is 5.06. The first-order valence-corrected chi connectivity index (χ1v) is 6.23. The van der Waals surface area contributed by atoms with E-state index >= 15 is 0 Å². The van der Waals surface area contributed by atoms with Crippen LogP contribution in [0.25, 0.3) is 0 Å². The number of nitrogens with two attached hydrogens (primary N) is 1. The summed E-state index contributed by atoms with van der Waals surface area (Å²) in [6.45, 7) is 0. The summed E-state index contributed by atoms with van der Waals surface area (Å²) in [5.41, 5.74) is 5.48. The van der Waals surface area contributed by atoms with E-state index in [4.69, 9.17) is 22.1 Å². The van der Waals surface area contributed by atoms with Crippen LogP contribution < -0.4 is 15.8 Å². The minimum Gasteiger partial charge on any atom is -0.423 e. The van der Waals surface area contributed by atoms with Gasteiger partial charge in [0.2, 0.25) is 0 Å². The van der Waals surface area contributed by atoms with Gasteiger partial charge in [0, 0.05) is 18.1 Å². The number of hydrogen-bond donors (Lipinski definition) is 2. The van der Waals surface area contributed by atoms with Crippen molar-refractivity contribution in [1.82, 2.24) is 9.97 Å². The minimum absolute atomic E-state index is 0.167. The highest BCUT2D eigenvalue weighted by Crippen LogP contribution is 2.30. The number of urea groups is 1. The zero-order valence-electron chi connectivity index (χ0n) is 9.43. The summed E-state index contributed by atoms with van der Waals surface area (Å²) < 4.78 is 6.15. The number of nitrogens with one attached hydrogen (secondary N) is 1. The maximum atomic E-state index is 10.7. The van der Waals surface area contributed by atoms with Crippen molar-refractivity contribution in [2.75, 3.05) is 5.32 Å². The van der Waals surface area contributed by atoms with E-state index in [-0.39, 0.29) is 6.01 Å². The average molecular weight is 344 g/mol. The monoisotopic (exact) mass is 342 g/mol. The summed E-state index contributed by atoms with van der Waals surface area (Å²) in [5.74, 6) is 0.374. The van der Waals surface area contributed by atoms with Crippen molar-refractivity contribution in [2.45, 2.75) is 0 Å². The lowest BCUT2D eigenvalue weighted by atomic mass is 10.3. The van der Waals surface area contributed by atoms with Gasteiger partial charge < -0.3 is 15.8 Å². The number of nitrogens with zero attached hydrogens (tertiary/aromatic N) is 2. The molecule has 0 bridgehead atoms. The predicted molar refractivity (Wildman–Crippen MR) is 74.5 cm³/mol. The van der Waals surface area contributed by atoms with E-state index in [0.29, 0.717) is 16.5 Å². The van der Waals surface area contributed by atoms with E-state index < -0.39 is 6.03 Å². The molecule has 2 amide bonds. The third kappa shape index (κ3) is 3.80. The smallest absolute Gasteiger partial charge is 0.321 e. The SMILES string of the molecule is NC(=O)Nc1ccc(Oc2ncc(Br)cn2)c(Cl)c1. The molecule has 8 heteroatoms. The van der Waals surface area contributed by atoms with Crippen molar-refractivity contribution in [1.29, 1.82) is 0 Å². The zero-order valence-corrected chi connectivity index (χ0v) is 11.8. The van der Waals surface area contributed by atoms with E-state index in [2.05, 4.69) is 31.2 Å². The fourth-order valence-corrected chi connectivity index (χ4v) is 1.68.